The molecule has 0 amide bonds. The van der Waals surface area contributed by atoms with E-state index in [1.54, 1.807) is 13.0 Å². The van der Waals surface area contributed by atoms with E-state index < -0.39 is 10.4 Å². The fourth-order valence-corrected chi connectivity index (χ4v) is 1.55. The molecule has 1 N–H and O–H groups in total. The van der Waals surface area contributed by atoms with E-state index in [2.05, 4.69) is 4.18 Å². The van der Waals surface area contributed by atoms with Gasteiger partial charge in [-0.1, -0.05) is 19.1 Å². The van der Waals surface area contributed by atoms with Crippen molar-refractivity contribution in [1.29, 1.82) is 0 Å². The van der Waals surface area contributed by atoms with E-state index in [4.69, 9.17) is 4.55 Å². The van der Waals surface area contributed by atoms with Crippen molar-refractivity contribution < 1.29 is 17.2 Å². The first kappa shape index (κ1) is 11.0. The largest absolute Gasteiger partial charge is 0.446 e. The van der Waals surface area contributed by atoms with Crippen molar-refractivity contribution in [3.8, 4) is 5.75 Å². The lowest BCUT2D eigenvalue weighted by Gasteiger charge is -2.06. The Balaban J connectivity index is 3.01. The lowest BCUT2D eigenvalue weighted by atomic mass is 10.1. The molecule has 0 aliphatic rings. The molecule has 0 heterocycles. The van der Waals surface area contributed by atoms with Crippen molar-refractivity contribution in [2.75, 3.05) is 0 Å². The minimum atomic E-state index is -4.42. The zero-order valence-corrected chi connectivity index (χ0v) is 8.84. The van der Waals surface area contributed by atoms with Crippen LogP contribution >= 0.6 is 0 Å². The smallest absolute Gasteiger partial charge is 0.362 e. The molecule has 0 atom stereocenters. The fraction of sp³-hybridized carbons (Fsp3) is 0.333. The molecule has 0 fully saturated rings. The van der Waals surface area contributed by atoms with Gasteiger partial charge in [0.25, 0.3) is 0 Å². The van der Waals surface area contributed by atoms with Gasteiger partial charge in [0.15, 0.2) is 0 Å². The third-order valence-electron chi connectivity index (χ3n) is 1.84. The number of benzene rings is 1. The molecule has 0 radical (unpaired) electrons. The van der Waals surface area contributed by atoms with E-state index in [0.717, 1.165) is 12.0 Å². The van der Waals surface area contributed by atoms with Gasteiger partial charge in [0, 0.05) is 0 Å². The average molecular weight is 216 g/mol. The highest BCUT2D eigenvalue weighted by Crippen LogP contribution is 2.20. The second-order valence-electron chi connectivity index (χ2n) is 2.96. The van der Waals surface area contributed by atoms with Gasteiger partial charge in [-0.05, 0) is 30.5 Å². The van der Waals surface area contributed by atoms with Crippen molar-refractivity contribution in [2.24, 2.45) is 0 Å². The van der Waals surface area contributed by atoms with Crippen LogP contribution in [0.15, 0.2) is 18.2 Å². The second kappa shape index (κ2) is 3.98. The minimum Gasteiger partial charge on any atom is -0.362 e. The van der Waals surface area contributed by atoms with Gasteiger partial charge in [-0.2, -0.15) is 8.42 Å². The van der Waals surface area contributed by atoms with Crippen molar-refractivity contribution in [1.82, 2.24) is 0 Å². The summed E-state index contributed by atoms with van der Waals surface area (Å²) in [6.07, 6.45) is 0.868. The summed E-state index contributed by atoms with van der Waals surface area (Å²) in [5.41, 5.74) is 1.77. The molecular weight excluding hydrogens is 204 g/mol. The molecule has 0 saturated heterocycles. The number of hydrogen-bond donors (Lipinski definition) is 1. The quantitative estimate of drug-likeness (QED) is 0.782. The van der Waals surface area contributed by atoms with Gasteiger partial charge in [0.05, 0.1) is 0 Å². The molecule has 1 aromatic carbocycles. The predicted molar refractivity (Wildman–Crippen MR) is 52.7 cm³/mol. The summed E-state index contributed by atoms with van der Waals surface area (Å²) >= 11 is 0. The van der Waals surface area contributed by atoms with Crippen LogP contribution in [0.5, 0.6) is 5.75 Å². The lowest BCUT2D eigenvalue weighted by Crippen LogP contribution is -2.07. The Morgan fingerprint density at radius 1 is 1.43 bits per heavy atom. The molecular formula is C9H12O4S. The molecule has 0 aromatic heterocycles. The summed E-state index contributed by atoms with van der Waals surface area (Å²) in [4.78, 5) is 0. The number of rotatable bonds is 3. The Morgan fingerprint density at radius 3 is 2.50 bits per heavy atom. The summed E-state index contributed by atoms with van der Waals surface area (Å²) in [5.74, 6) is 0.157. The summed E-state index contributed by atoms with van der Waals surface area (Å²) in [7, 11) is -4.42. The lowest BCUT2D eigenvalue weighted by molar-refractivity contribution is 0.385. The van der Waals surface area contributed by atoms with Crippen LogP contribution in [0.4, 0.5) is 0 Å². The summed E-state index contributed by atoms with van der Waals surface area (Å²) in [6.45, 7) is 3.72. The maximum absolute atomic E-state index is 10.4. The monoisotopic (exact) mass is 216 g/mol. The van der Waals surface area contributed by atoms with Crippen LogP contribution in [-0.2, 0) is 16.8 Å². The summed E-state index contributed by atoms with van der Waals surface area (Å²) in [6, 6.07) is 5.11. The van der Waals surface area contributed by atoms with Gasteiger partial charge in [-0.25, -0.2) is 0 Å². The molecule has 78 valence electrons. The molecule has 0 saturated carbocycles. The molecule has 4 nitrogen and oxygen atoms in total. The molecule has 5 heteroatoms. The number of aryl methyl sites for hydroxylation is 2. The first-order valence-corrected chi connectivity index (χ1v) is 5.55. The van der Waals surface area contributed by atoms with Crippen molar-refractivity contribution in [3.05, 3.63) is 29.3 Å². The SMILES string of the molecule is CCc1ccc(OS(=O)(=O)O)c(C)c1. The van der Waals surface area contributed by atoms with E-state index in [1.807, 2.05) is 13.0 Å². The molecule has 0 bridgehead atoms. The Labute approximate surface area is 83.5 Å². The highest BCUT2D eigenvalue weighted by atomic mass is 32.3. The van der Waals surface area contributed by atoms with Crippen LogP contribution in [0, 0.1) is 6.92 Å². The summed E-state index contributed by atoms with van der Waals surface area (Å²) in [5, 5.41) is 0. The highest BCUT2D eigenvalue weighted by molar-refractivity contribution is 7.81. The maximum Gasteiger partial charge on any atom is 0.446 e. The second-order valence-corrected chi connectivity index (χ2v) is 3.99. The van der Waals surface area contributed by atoms with Crippen molar-refractivity contribution in [3.63, 3.8) is 0 Å². The first-order chi connectivity index (χ1) is 6.42. The van der Waals surface area contributed by atoms with Crippen molar-refractivity contribution >= 4 is 10.4 Å². The van der Waals surface area contributed by atoms with E-state index in [1.165, 1.54) is 6.07 Å². The molecule has 14 heavy (non-hydrogen) atoms. The van der Waals surface area contributed by atoms with Gasteiger partial charge in [-0.3, -0.25) is 4.55 Å². The third kappa shape index (κ3) is 3.01. The first-order valence-electron chi connectivity index (χ1n) is 4.19. The molecule has 0 aliphatic carbocycles. The van der Waals surface area contributed by atoms with Gasteiger partial charge >= 0.3 is 10.4 Å². The average Bonchev–Trinajstić information content (AvgIpc) is 2.06. The number of hydrogen-bond acceptors (Lipinski definition) is 3. The van der Waals surface area contributed by atoms with Crippen LogP contribution in [0.2, 0.25) is 0 Å². The third-order valence-corrected chi connectivity index (χ3v) is 2.23. The Morgan fingerprint density at radius 2 is 2.07 bits per heavy atom. The van der Waals surface area contributed by atoms with E-state index in [-0.39, 0.29) is 5.75 Å². The van der Waals surface area contributed by atoms with Crippen molar-refractivity contribution in [2.45, 2.75) is 20.3 Å². The normalized spacial score (nSPS) is 11.4. The van der Waals surface area contributed by atoms with Crippen LogP contribution in [0.25, 0.3) is 0 Å². The van der Waals surface area contributed by atoms with Crippen LogP contribution in [0.3, 0.4) is 0 Å². The van der Waals surface area contributed by atoms with Gasteiger partial charge < -0.3 is 4.18 Å². The Bertz CT molecular complexity index is 422. The standard InChI is InChI=1S/C9H12O4S/c1-3-8-4-5-9(7(2)6-8)13-14(10,11)12/h4-6H,3H2,1-2H3,(H,10,11,12). The topological polar surface area (TPSA) is 63.6 Å². The Kier molecular flexibility index (Phi) is 3.13. The zero-order chi connectivity index (χ0) is 10.8. The fourth-order valence-electron chi connectivity index (χ4n) is 1.14. The molecule has 1 aromatic rings. The van der Waals surface area contributed by atoms with Gasteiger partial charge in [-0.15, -0.1) is 0 Å². The van der Waals surface area contributed by atoms with Crippen LogP contribution in [-0.4, -0.2) is 13.0 Å². The van der Waals surface area contributed by atoms with E-state index in [9.17, 15) is 8.42 Å². The predicted octanol–water partition coefficient (Wildman–Crippen LogP) is 1.74. The summed E-state index contributed by atoms with van der Waals surface area (Å²) < 4.78 is 33.7. The maximum atomic E-state index is 10.4. The molecule has 0 spiro atoms. The molecule has 0 aliphatic heterocycles. The van der Waals surface area contributed by atoms with Crippen LogP contribution in [0.1, 0.15) is 18.1 Å². The molecule has 1 rings (SSSR count). The van der Waals surface area contributed by atoms with Crippen LogP contribution < -0.4 is 4.18 Å². The van der Waals surface area contributed by atoms with E-state index >= 15 is 0 Å². The van der Waals surface area contributed by atoms with Gasteiger partial charge in [0.2, 0.25) is 0 Å². The zero-order valence-electron chi connectivity index (χ0n) is 8.02. The minimum absolute atomic E-state index is 0.157. The highest BCUT2D eigenvalue weighted by Gasteiger charge is 2.09. The molecule has 0 unspecified atom stereocenters. The Hall–Kier alpha value is -1.07. The van der Waals surface area contributed by atoms with Gasteiger partial charge in [0.1, 0.15) is 5.75 Å². The van der Waals surface area contributed by atoms with E-state index in [0.29, 0.717) is 5.56 Å².